The maximum Gasteiger partial charge on any atom is 0.185 e. The fraction of sp³-hybridized carbons (Fsp3) is 0.533. The number of rotatable bonds is 6. The monoisotopic (exact) mass is 293 g/mol. The number of aromatic nitrogens is 1. The van der Waals surface area contributed by atoms with E-state index >= 15 is 0 Å². The lowest BCUT2D eigenvalue weighted by molar-refractivity contribution is 0.529. The Labute approximate surface area is 124 Å². The van der Waals surface area contributed by atoms with E-state index in [0.29, 0.717) is 6.04 Å². The molecule has 0 aliphatic heterocycles. The van der Waals surface area contributed by atoms with Crippen LogP contribution in [0, 0.1) is 13.8 Å². The Morgan fingerprint density at radius 1 is 1.45 bits per heavy atom. The third-order valence-corrected chi connectivity index (χ3v) is 4.88. The molecule has 5 heteroatoms. The molecule has 2 heterocycles. The highest BCUT2D eigenvalue weighted by Gasteiger charge is 2.16. The summed E-state index contributed by atoms with van der Waals surface area (Å²) in [5, 5.41) is 4.50. The van der Waals surface area contributed by atoms with Crippen LogP contribution in [0.5, 0.6) is 0 Å². The molecule has 4 nitrogen and oxygen atoms in total. The van der Waals surface area contributed by atoms with Crippen LogP contribution in [0.2, 0.25) is 0 Å². The summed E-state index contributed by atoms with van der Waals surface area (Å²) in [6, 6.07) is 2.38. The van der Waals surface area contributed by atoms with Gasteiger partial charge in [-0.1, -0.05) is 6.92 Å². The van der Waals surface area contributed by atoms with Gasteiger partial charge in [0, 0.05) is 30.1 Å². The molecular weight excluding hydrogens is 270 g/mol. The molecule has 2 aromatic heterocycles. The highest BCUT2D eigenvalue weighted by Crippen LogP contribution is 2.31. The molecule has 0 spiro atoms. The van der Waals surface area contributed by atoms with Crippen molar-refractivity contribution >= 4 is 16.5 Å². The zero-order chi connectivity index (χ0) is 14.7. The predicted octanol–water partition coefficient (Wildman–Crippen LogP) is 3.66. The maximum atomic E-state index is 5.35. The fourth-order valence-corrected chi connectivity index (χ4v) is 3.31. The minimum absolute atomic E-state index is 0.357. The summed E-state index contributed by atoms with van der Waals surface area (Å²) in [5.74, 6) is 0.978. The van der Waals surface area contributed by atoms with Crippen LogP contribution in [-0.2, 0) is 6.54 Å². The van der Waals surface area contributed by atoms with Crippen molar-refractivity contribution in [3.05, 3.63) is 34.2 Å². The highest BCUT2D eigenvalue weighted by atomic mass is 32.1. The first kappa shape index (κ1) is 15.1. The third-order valence-electron chi connectivity index (χ3n) is 3.43. The standard InChI is InChI=1S/C15H23N3OS/c1-6-16-10(2)14-11(3)17-15(20-14)18(5)9-13-7-8-19-12(13)4/h7-8,10,16H,6,9H2,1-5H3. The van der Waals surface area contributed by atoms with E-state index < -0.39 is 0 Å². The number of nitrogens with one attached hydrogen (secondary N) is 1. The summed E-state index contributed by atoms with van der Waals surface area (Å²) in [6.07, 6.45) is 1.74. The SMILES string of the molecule is CCNC(C)c1sc(N(C)Cc2ccoc2C)nc1C. The quantitative estimate of drug-likeness (QED) is 0.882. The second-order valence-corrected chi connectivity index (χ2v) is 6.09. The van der Waals surface area contributed by atoms with Crippen LogP contribution in [0.3, 0.4) is 0 Å². The Hall–Kier alpha value is -1.33. The Kier molecular flexibility index (Phi) is 4.83. The van der Waals surface area contributed by atoms with E-state index in [0.717, 1.165) is 29.7 Å². The molecule has 20 heavy (non-hydrogen) atoms. The van der Waals surface area contributed by atoms with E-state index in [-0.39, 0.29) is 0 Å². The molecule has 110 valence electrons. The molecule has 1 atom stereocenters. The van der Waals surface area contributed by atoms with Crippen LogP contribution in [0.1, 0.15) is 41.8 Å². The van der Waals surface area contributed by atoms with Crippen LogP contribution in [0.4, 0.5) is 5.13 Å². The van der Waals surface area contributed by atoms with Gasteiger partial charge in [-0.3, -0.25) is 0 Å². The first-order chi connectivity index (χ1) is 9.52. The van der Waals surface area contributed by atoms with Gasteiger partial charge < -0.3 is 14.6 Å². The fourth-order valence-electron chi connectivity index (χ4n) is 2.26. The number of furan rings is 1. The molecule has 1 N–H and O–H groups in total. The minimum atomic E-state index is 0.357. The normalized spacial score (nSPS) is 12.7. The van der Waals surface area contributed by atoms with Gasteiger partial charge in [-0.05, 0) is 33.4 Å². The van der Waals surface area contributed by atoms with E-state index in [1.165, 1.54) is 10.4 Å². The molecule has 0 aliphatic carbocycles. The van der Waals surface area contributed by atoms with Gasteiger partial charge in [-0.15, -0.1) is 11.3 Å². The number of hydrogen-bond donors (Lipinski definition) is 1. The zero-order valence-corrected chi connectivity index (χ0v) is 13.7. The lowest BCUT2D eigenvalue weighted by Gasteiger charge is -2.15. The van der Waals surface area contributed by atoms with E-state index in [1.54, 1.807) is 17.6 Å². The van der Waals surface area contributed by atoms with E-state index in [1.807, 2.05) is 13.0 Å². The molecule has 0 aliphatic rings. The second-order valence-electron chi connectivity index (χ2n) is 5.08. The van der Waals surface area contributed by atoms with E-state index in [4.69, 9.17) is 9.40 Å². The van der Waals surface area contributed by atoms with Crippen molar-refractivity contribution < 1.29 is 4.42 Å². The average molecular weight is 293 g/mol. The number of nitrogens with zero attached hydrogens (tertiary/aromatic N) is 2. The third kappa shape index (κ3) is 3.22. The largest absolute Gasteiger partial charge is 0.469 e. The van der Waals surface area contributed by atoms with Crippen molar-refractivity contribution in [2.24, 2.45) is 0 Å². The van der Waals surface area contributed by atoms with Gasteiger partial charge in [-0.2, -0.15) is 0 Å². The highest BCUT2D eigenvalue weighted by molar-refractivity contribution is 7.15. The van der Waals surface area contributed by atoms with Gasteiger partial charge in [0.25, 0.3) is 0 Å². The maximum absolute atomic E-state index is 5.35. The van der Waals surface area contributed by atoms with Gasteiger partial charge in [0.05, 0.1) is 12.0 Å². The number of thiazole rings is 1. The van der Waals surface area contributed by atoms with Crippen molar-refractivity contribution in [1.29, 1.82) is 0 Å². The summed E-state index contributed by atoms with van der Waals surface area (Å²) in [6.45, 7) is 10.2. The van der Waals surface area contributed by atoms with Gasteiger partial charge in [0.1, 0.15) is 5.76 Å². The summed E-state index contributed by atoms with van der Waals surface area (Å²) < 4.78 is 5.35. The molecule has 0 aromatic carbocycles. The van der Waals surface area contributed by atoms with Crippen molar-refractivity contribution in [1.82, 2.24) is 10.3 Å². The van der Waals surface area contributed by atoms with Crippen molar-refractivity contribution in [2.75, 3.05) is 18.5 Å². The second kappa shape index (κ2) is 6.41. The van der Waals surface area contributed by atoms with Crippen LogP contribution in [-0.4, -0.2) is 18.6 Å². The number of anilines is 1. The first-order valence-electron chi connectivity index (χ1n) is 6.97. The minimum Gasteiger partial charge on any atom is -0.469 e. The molecule has 0 bridgehead atoms. The molecule has 0 fully saturated rings. The molecule has 0 radical (unpaired) electrons. The Morgan fingerprint density at radius 2 is 2.20 bits per heavy atom. The van der Waals surface area contributed by atoms with Crippen LogP contribution >= 0.6 is 11.3 Å². The molecular formula is C15H23N3OS. The van der Waals surface area contributed by atoms with Crippen molar-refractivity contribution in [3.63, 3.8) is 0 Å². The van der Waals surface area contributed by atoms with Gasteiger partial charge in [0.15, 0.2) is 5.13 Å². The molecule has 1 unspecified atom stereocenters. The van der Waals surface area contributed by atoms with E-state index in [9.17, 15) is 0 Å². The van der Waals surface area contributed by atoms with Crippen LogP contribution in [0.15, 0.2) is 16.7 Å². The summed E-state index contributed by atoms with van der Waals surface area (Å²) in [7, 11) is 2.08. The van der Waals surface area contributed by atoms with Gasteiger partial charge in [-0.25, -0.2) is 4.98 Å². The lowest BCUT2D eigenvalue weighted by Crippen LogP contribution is -2.17. The molecule has 2 rings (SSSR count). The summed E-state index contributed by atoms with van der Waals surface area (Å²) >= 11 is 1.77. The average Bonchev–Trinajstić information content (AvgIpc) is 2.97. The smallest absolute Gasteiger partial charge is 0.185 e. The van der Waals surface area contributed by atoms with Crippen LogP contribution in [0.25, 0.3) is 0 Å². The molecule has 0 amide bonds. The first-order valence-corrected chi connectivity index (χ1v) is 7.79. The lowest BCUT2D eigenvalue weighted by atomic mass is 10.2. The van der Waals surface area contributed by atoms with Crippen LogP contribution < -0.4 is 10.2 Å². The Morgan fingerprint density at radius 3 is 2.80 bits per heavy atom. The Balaban J connectivity index is 2.13. The van der Waals surface area contributed by atoms with E-state index in [2.05, 4.69) is 38.0 Å². The van der Waals surface area contributed by atoms with Gasteiger partial charge >= 0.3 is 0 Å². The number of aryl methyl sites for hydroxylation is 2. The number of hydrogen-bond acceptors (Lipinski definition) is 5. The molecule has 0 saturated carbocycles. The molecule has 2 aromatic rings. The summed E-state index contributed by atoms with van der Waals surface area (Å²) in [5.41, 5.74) is 2.33. The van der Waals surface area contributed by atoms with Gasteiger partial charge in [0.2, 0.25) is 0 Å². The summed E-state index contributed by atoms with van der Waals surface area (Å²) in [4.78, 5) is 8.19. The van der Waals surface area contributed by atoms with Crippen molar-refractivity contribution in [3.8, 4) is 0 Å². The van der Waals surface area contributed by atoms with Crippen molar-refractivity contribution in [2.45, 2.75) is 40.3 Å². The topological polar surface area (TPSA) is 41.3 Å². The predicted molar refractivity (Wildman–Crippen MR) is 84.5 cm³/mol. The Bertz CT molecular complexity index is 561. The zero-order valence-electron chi connectivity index (χ0n) is 12.9. The molecule has 0 saturated heterocycles.